The highest BCUT2D eigenvalue weighted by atomic mass is 32.2. The molecular weight excluding hydrogens is 524 g/mol. The van der Waals surface area contributed by atoms with Gasteiger partial charge in [-0.25, -0.2) is 13.8 Å². The van der Waals surface area contributed by atoms with E-state index in [0.29, 0.717) is 35.4 Å². The van der Waals surface area contributed by atoms with Gasteiger partial charge in [-0.2, -0.15) is 0 Å². The molecule has 4 rings (SSSR count). The van der Waals surface area contributed by atoms with Gasteiger partial charge in [-0.15, -0.1) is 11.8 Å². The SMILES string of the molecule is CC[C@H](SCNC(=O)c1ccc(OC(Cn2ccnc2)c2ccc(F)cc2)cc1-c1ccc(F)cc1)C(=O)O. The maximum absolute atomic E-state index is 13.7. The zero-order valence-electron chi connectivity index (χ0n) is 21.1. The lowest BCUT2D eigenvalue weighted by atomic mass is 9.98. The Balaban J connectivity index is 1.62. The van der Waals surface area contributed by atoms with Crippen molar-refractivity contribution in [2.24, 2.45) is 0 Å². The maximum atomic E-state index is 13.7. The summed E-state index contributed by atoms with van der Waals surface area (Å²) >= 11 is 1.13. The number of nitrogens with one attached hydrogen (secondary N) is 1. The van der Waals surface area contributed by atoms with Crippen LogP contribution in [-0.2, 0) is 11.3 Å². The summed E-state index contributed by atoms with van der Waals surface area (Å²) in [5.74, 6) is -1.54. The van der Waals surface area contributed by atoms with Crippen molar-refractivity contribution >= 4 is 23.6 Å². The van der Waals surface area contributed by atoms with Gasteiger partial charge in [0.25, 0.3) is 5.91 Å². The Kier molecular flexibility index (Phi) is 9.32. The van der Waals surface area contributed by atoms with Gasteiger partial charge in [0, 0.05) is 18.0 Å². The molecule has 1 unspecified atom stereocenters. The van der Waals surface area contributed by atoms with Gasteiger partial charge >= 0.3 is 5.97 Å². The number of carbonyl (C=O) groups is 2. The summed E-state index contributed by atoms with van der Waals surface area (Å²) in [7, 11) is 0. The van der Waals surface area contributed by atoms with Gasteiger partial charge in [0.05, 0.1) is 18.7 Å². The number of imidazole rings is 1. The Morgan fingerprint density at radius 3 is 2.36 bits per heavy atom. The number of rotatable bonds is 12. The minimum absolute atomic E-state index is 0.113. The lowest BCUT2D eigenvalue weighted by molar-refractivity contribution is -0.136. The molecule has 1 aromatic heterocycles. The van der Waals surface area contributed by atoms with Crippen molar-refractivity contribution in [3.05, 3.63) is 108 Å². The number of halogens is 2. The predicted molar refractivity (Wildman–Crippen MR) is 145 cm³/mol. The second-order valence-corrected chi connectivity index (χ2v) is 9.87. The zero-order valence-corrected chi connectivity index (χ0v) is 21.9. The number of amides is 1. The standard InChI is InChI=1S/C29H27F2N3O4S/c1-2-27(29(36)37)39-18-33-28(35)24-12-11-23(15-25(24)19-3-7-21(30)8-4-19)38-26(16-34-14-13-32-17-34)20-5-9-22(31)10-6-20/h3-15,17,26-27H,2,16,18H2,1H3,(H,33,35)(H,36,37)/t26?,27-/m0/s1. The average Bonchev–Trinajstić information content (AvgIpc) is 3.44. The number of ether oxygens (including phenoxy) is 1. The van der Waals surface area contributed by atoms with Crippen LogP contribution in [0.15, 0.2) is 85.5 Å². The van der Waals surface area contributed by atoms with Gasteiger partial charge in [0.15, 0.2) is 0 Å². The van der Waals surface area contributed by atoms with Crippen molar-refractivity contribution < 1.29 is 28.2 Å². The molecule has 0 saturated heterocycles. The fourth-order valence-electron chi connectivity index (χ4n) is 3.97. The summed E-state index contributed by atoms with van der Waals surface area (Å²) in [6.07, 6.45) is 5.03. The molecule has 10 heteroatoms. The number of thioether (sulfide) groups is 1. The molecule has 0 spiro atoms. The molecule has 3 aromatic carbocycles. The number of nitrogens with zero attached hydrogens (tertiary/aromatic N) is 2. The summed E-state index contributed by atoms with van der Waals surface area (Å²) in [6.45, 7) is 2.17. The van der Waals surface area contributed by atoms with Crippen LogP contribution < -0.4 is 10.1 Å². The minimum Gasteiger partial charge on any atom is -0.484 e. The molecule has 1 heterocycles. The Morgan fingerprint density at radius 1 is 1.05 bits per heavy atom. The molecule has 4 aromatic rings. The van der Waals surface area contributed by atoms with Gasteiger partial charge in [0.2, 0.25) is 0 Å². The molecule has 0 aliphatic heterocycles. The third-order valence-corrected chi connectivity index (χ3v) is 7.26. The zero-order chi connectivity index (χ0) is 27.8. The second kappa shape index (κ2) is 13.1. The third-order valence-electron chi connectivity index (χ3n) is 6.01. The van der Waals surface area contributed by atoms with E-state index >= 15 is 0 Å². The first kappa shape index (κ1) is 27.8. The first-order valence-electron chi connectivity index (χ1n) is 12.2. The van der Waals surface area contributed by atoms with Gasteiger partial charge in [-0.1, -0.05) is 31.2 Å². The molecule has 0 aliphatic rings. The fourth-order valence-corrected chi connectivity index (χ4v) is 4.76. The quantitative estimate of drug-likeness (QED) is 0.212. The van der Waals surface area contributed by atoms with E-state index in [0.717, 1.165) is 17.3 Å². The molecule has 2 atom stereocenters. The Labute approximate surface area is 228 Å². The van der Waals surface area contributed by atoms with Crippen molar-refractivity contribution in [1.82, 2.24) is 14.9 Å². The van der Waals surface area contributed by atoms with E-state index in [1.165, 1.54) is 24.3 Å². The lowest BCUT2D eigenvalue weighted by Crippen LogP contribution is -2.26. The third kappa shape index (κ3) is 7.44. The Hall–Kier alpha value is -4.18. The number of hydrogen-bond acceptors (Lipinski definition) is 5. The molecular formula is C29H27F2N3O4S. The summed E-state index contributed by atoms with van der Waals surface area (Å²) in [5, 5.41) is 11.4. The highest BCUT2D eigenvalue weighted by molar-refractivity contribution is 8.00. The maximum Gasteiger partial charge on any atom is 0.316 e. The highest BCUT2D eigenvalue weighted by Gasteiger charge is 2.20. The van der Waals surface area contributed by atoms with E-state index < -0.39 is 29.0 Å². The van der Waals surface area contributed by atoms with Crippen LogP contribution in [0, 0.1) is 11.6 Å². The van der Waals surface area contributed by atoms with Crippen molar-refractivity contribution in [2.75, 3.05) is 5.88 Å². The van der Waals surface area contributed by atoms with Crippen molar-refractivity contribution in [3.63, 3.8) is 0 Å². The van der Waals surface area contributed by atoms with Gasteiger partial charge in [-0.3, -0.25) is 9.59 Å². The summed E-state index contributed by atoms with van der Waals surface area (Å²) in [4.78, 5) is 28.5. The fraction of sp³-hybridized carbons (Fsp3) is 0.207. The van der Waals surface area contributed by atoms with E-state index in [9.17, 15) is 23.5 Å². The molecule has 202 valence electrons. The molecule has 0 fully saturated rings. The van der Waals surface area contributed by atoms with Crippen LogP contribution in [-0.4, -0.2) is 37.7 Å². The van der Waals surface area contributed by atoms with Crippen LogP contribution in [0.5, 0.6) is 5.75 Å². The van der Waals surface area contributed by atoms with E-state index in [-0.39, 0.29) is 11.7 Å². The van der Waals surface area contributed by atoms with E-state index in [2.05, 4.69) is 10.3 Å². The first-order chi connectivity index (χ1) is 18.8. The van der Waals surface area contributed by atoms with Crippen molar-refractivity contribution in [1.29, 1.82) is 0 Å². The van der Waals surface area contributed by atoms with E-state index in [1.807, 2.05) is 4.57 Å². The molecule has 0 bridgehead atoms. The number of carboxylic acid groups (broad SMARTS) is 1. The number of carbonyl (C=O) groups excluding carboxylic acids is 1. The smallest absolute Gasteiger partial charge is 0.316 e. The first-order valence-corrected chi connectivity index (χ1v) is 13.3. The molecule has 2 N–H and O–H groups in total. The van der Waals surface area contributed by atoms with Crippen LogP contribution in [0.4, 0.5) is 8.78 Å². The molecule has 39 heavy (non-hydrogen) atoms. The van der Waals surface area contributed by atoms with E-state index in [1.54, 1.807) is 68.1 Å². The van der Waals surface area contributed by atoms with Crippen LogP contribution in [0.2, 0.25) is 0 Å². The van der Waals surface area contributed by atoms with Crippen LogP contribution in [0.3, 0.4) is 0 Å². The molecule has 1 amide bonds. The van der Waals surface area contributed by atoms with Crippen LogP contribution in [0.1, 0.15) is 35.4 Å². The van der Waals surface area contributed by atoms with E-state index in [4.69, 9.17) is 4.74 Å². The number of aromatic nitrogens is 2. The largest absolute Gasteiger partial charge is 0.484 e. The van der Waals surface area contributed by atoms with Gasteiger partial charge in [-0.05, 0) is 65.6 Å². The molecule has 0 radical (unpaired) electrons. The van der Waals surface area contributed by atoms with Crippen molar-refractivity contribution in [2.45, 2.75) is 31.2 Å². The lowest BCUT2D eigenvalue weighted by Gasteiger charge is -2.21. The highest BCUT2D eigenvalue weighted by Crippen LogP contribution is 2.32. The predicted octanol–water partition coefficient (Wildman–Crippen LogP) is 5.93. The van der Waals surface area contributed by atoms with Crippen LogP contribution >= 0.6 is 11.8 Å². The summed E-state index contributed by atoms with van der Waals surface area (Å²) in [5.41, 5.74) is 2.19. The Morgan fingerprint density at radius 2 is 1.74 bits per heavy atom. The summed E-state index contributed by atoms with van der Waals surface area (Å²) < 4.78 is 35.4. The number of benzene rings is 3. The van der Waals surface area contributed by atoms with Gasteiger partial charge in [0.1, 0.15) is 28.7 Å². The Bertz CT molecular complexity index is 1400. The van der Waals surface area contributed by atoms with Crippen molar-refractivity contribution in [3.8, 4) is 16.9 Å². The molecule has 0 aliphatic carbocycles. The van der Waals surface area contributed by atoms with Gasteiger partial charge < -0.3 is 19.7 Å². The topological polar surface area (TPSA) is 93.5 Å². The second-order valence-electron chi connectivity index (χ2n) is 8.68. The number of hydrogen-bond donors (Lipinski definition) is 2. The monoisotopic (exact) mass is 551 g/mol. The average molecular weight is 552 g/mol. The normalized spacial score (nSPS) is 12.5. The van der Waals surface area contributed by atoms with Crippen LogP contribution in [0.25, 0.3) is 11.1 Å². The number of aliphatic carboxylic acids is 1. The minimum atomic E-state index is -0.934. The molecule has 0 saturated carbocycles. The molecule has 7 nitrogen and oxygen atoms in total. The summed E-state index contributed by atoms with van der Waals surface area (Å²) in [6, 6.07) is 16.7. The number of carboxylic acids is 1.